The summed E-state index contributed by atoms with van der Waals surface area (Å²) in [6.07, 6.45) is -0.166. The summed E-state index contributed by atoms with van der Waals surface area (Å²) in [4.78, 5) is 35.3. The van der Waals surface area contributed by atoms with Crippen molar-refractivity contribution in [2.75, 3.05) is 20.3 Å². The van der Waals surface area contributed by atoms with Gasteiger partial charge in [-0.3, -0.25) is 25.2 Å². The minimum atomic E-state index is -0.502. The Morgan fingerprint density at radius 1 is 1.00 bits per heavy atom. The molecule has 0 fully saturated rings. The number of hydrogen-bond donors (Lipinski definition) is 3. The van der Waals surface area contributed by atoms with Crippen LogP contribution in [-0.2, 0) is 24.5 Å². The highest BCUT2D eigenvalue weighted by molar-refractivity contribution is 7.80. The molecule has 1 aromatic rings. The molecule has 0 heterocycles. The molecule has 1 aromatic carbocycles. The molecule has 0 radical (unpaired) electrons. The number of thiocarbonyl (C=S) groups is 1. The molecule has 9 heteroatoms. The Labute approximate surface area is 170 Å². The van der Waals surface area contributed by atoms with Crippen LogP contribution in [0.4, 0.5) is 0 Å². The Morgan fingerprint density at radius 2 is 1.64 bits per heavy atom. The Hall–Kier alpha value is -2.52. The smallest absolute Gasteiger partial charge is 0.306 e. The molecule has 0 unspecified atom stereocenters. The molecule has 8 nitrogen and oxygen atoms in total. The predicted molar refractivity (Wildman–Crippen MR) is 109 cm³/mol. The van der Waals surface area contributed by atoms with Crippen LogP contribution in [0.1, 0.15) is 49.5 Å². The van der Waals surface area contributed by atoms with Gasteiger partial charge in [0.25, 0.3) is 5.91 Å². The van der Waals surface area contributed by atoms with Crippen LogP contribution in [0.3, 0.4) is 0 Å². The number of rotatable bonds is 7. The van der Waals surface area contributed by atoms with Crippen molar-refractivity contribution in [3.63, 3.8) is 0 Å². The average Bonchev–Trinajstić information content (AvgIpc) is 2.64. The molecule has 1 rings (SSSR count). The molecular formula is C19H27N3O5S. The monoisotopic (exact) mass is 409 g/mol. The van der Waals surface area contributed by atoms with Crippen molar-refractivity contribution in [1.82, 2.24) is 16.2 Å². The van der Waals surface area contributed by atoms with E-state index in [1.165, 1.54) is 7.11 Å². The third kappa shape index (κ3) is 8.92. The van der Waals surface area contributed by atoms with E-state index in [0.717, 1.165) is 5.56 Å². The molecule has 2 amide bonds. The first-order valence-corrected chi connectivity index (χ1v) is 9.19. The van der Waals surface area contributed by atoms with Crippen LogP contribution in [0.25, 0.3) is 0 Å². The van der Waals surface area contributed by atoms with Gasteiger partial charge in [0.15, 0.2) is 5.11 Å². The van der Waals surface area contributed by atoms with Gasteiger partial charge in [-0.2, -0.15) is 0 Å². The first-order valence-electron chi connectivity index (χ1n) is 8.78. The summed E-state index contributed by atoms with van der Waals surface area (Å²) >= 11 is 4.94. The van der Waals surface area contributed by atoms with Crippen molar-refractivity contribution < 1.29 is 23.9 Å². The standard InChI is InChI=1S/C19H27N3O5S/c1-19(2,3)14-7-5-13(6-8-14)17(25)21-22-18(28)20-15(23)9-10-16(24)27-12-11-26-4/h5-8H,9-12H2,1-4H3,(H,21,25)(H2,20,22,23,28). The maximum absolute atomic E-state index is 12.1. The van der Waals surface area contributed by atoms with Crippen molar-refractivity contribution >= 4 is 35.1 Å². The largest absolute Gasteiger partial charge is 0.463 e. The van der Waals surface area contributed by atoms with Gasteiger partial charge in [-0.1, -0.05) is 32.9 Å². The Balaban J connectivity index is 2.34. The second kappa shape index (κ2) is 11.4. The van der Waals surface area contributed by atoms with E-state index in [4.69, 9.17) is 21.7 Å². The van der Waals surface area contributed by atoms with E-state index in [2.05, 4.69) is 36.9 Å². The van der Waals surface area contributed by atoms with Gasteiger partial charge in [0.1, 0.15) is 6.61 Å². The van der Waals surface area contributed by atoms with E-state index in [1.807, 2.05) is 12.1 Å². The van der Waals surface area contributed by atoms with E-state index in [9.17, 15) is 14.4 Å². The molecule has 0 saturated heterocycles. The van der Waals surface area contributed by atoms with Crippen molar-refractivity contribution in [1.29, 1.82) is 0 Å². The van der Waals surface area contributed by atoms with Crippen molar-refractivity contribution in [3.05, 3.63) is 35.4 Å². The highest BCUT2D eigenvalue weighted by Gasteiger charge is 2.14. The normalized spacial score (nSPS) is 10.7. The van der Waals surface area contributed by atoms with E-state index >= 15 is 0 Å². The number of carbonyl (C=O) groups is 3. The third-order valence-corrected chi connectivity index (χ3v) is 3.87. The van der Waals surface area contributed by atoms with Crippen LogP contribution < -0.4 is 16.2 Å². The molecule has 154 valence electrons. The predicted octanol–water partition coefficient (Wildman–Crippen LogP) is 1.59. The number of methoxy groups -OCH3 is 1. The summed E-state index contributed by atoms with van der Waals surface area (Å²) in [6, 6.07) is 7.21. The average molecular weight is 410 g/mol. The van der Waals surface area contributed by atoms with Gasteiger partial charge in [0.05, 0.1) is 13.0 Å². The van der Waals surface area contributed by atoms with Gasteiger partial charge >= 0.3 is 5.97 Å². The first-order chi connectivity index (χ1) is 13.1. The molecule has 3 N–H and O–H groups in total. The summed E-state index contributed by atoms with van der Waals surface area (Å²) in [7, 11) is 1.49. The molecule has 0 bridgehead atoms. The van der Waals surface area contributed by atoms with Crippen LogP contribution in [0.15, 0.2) is 24.3 Å². The lowest BCUT2D eigenvalue weighted by molar-refractivity contribution is -0.146. The Morgan fingerprint density at radius 3 is 2.21 bits per heavy atom. The van der Waals surface area contributed by atoms with Crippen molar-refractivity contribution in [2.45, 2.75) is 39.0 Å². The number of ether oxygens (including phenoxy) is 2. The number of esters is 1. The molecule has 0 aliphatic rings. The van der Waals surface area contributed by atoms with Crippen LogP contribution in [0.5, 0.6) is 0 Å². The second-order valence-corrected chi connectivity index (χ2v) is 7.41. The lowest BCUT2D eigenvalue weighted by Crippen LogP contribution is -2.48. The fraction of sp³-hybridized carbons (Fsp3) is 0.474. The van der Waals surface area contributed by atoms with Gasteiger partial charge in [-0.25, -0.2) is 0 Å². The number of hydrazine groups is 1. The van der Waals surface area contributed by atoms with Gasteiger partial charge in [-0.15, -0.1) is 0 Å². The third-order valence-electron chi connectivity index (χ3n) is 3.66. The molecule has 0 atom stereocenters. The Kier molecular flexibility index (Phi) is 9.54. The van der Waals surface area contributed by atoms with Gasteiger partial charge < -0.3 is 14.8 Å². The molecule has 0 aliphatic carbocycles. The molecule has 28 heavy (non-hydrogen) atoms. The summed E-state index contributed by atoms with van der Waals surface area (Å²) in [5.41, 5.74) is 6.42. The first kappa shape index (κ1) is 23.5. The zero-order valence-corrected chi connectivity index (χ0v) is 17.4. The summed E-state index contributed by atoms with van der Waals surface area (Å²) in [5, 5.41) is 2.30. The number of nitrogens with one attached hydrogen (secondary N) is 3. The van der Waals surface area contributed by atoms with Crippen LogP contribution >= 0.6 is 12.2 Å². The van der Waals surface area contributed by atoms with E-state index in [0.29, 0.717) is 12.2 Å². The van der Waals surface area contributed by atoms with E-state index < -0.39 is 17.8 Å². The minimum Gasteiger partial charge on any atom is -0.463 e. The van der Waals surface area contributed by atoms with Gasteiger partial charge in [-0.05, 0) is 35.3 Å². The fourth-order valence-electron chi connectivity index (χ4n) is 2.05. The Bertz CT molecular complexity index is 699. The zero-order chi connectivity index (χ0) is 21.2. The zero-order valence-electron chi connectivity index (χ0n) is 16.6. The highest BCUT2D eigenvalue weighted by atomic mass is 32.1. The maximum atomic E-state index is 12.1. The van der Waals surface area contributed by atoms with Gasteiger partial charge in [0.2, 0.25) is 5.91 Å². The topological polar surface area (TPSA) is 106 Å². The summed E-state index contributed by atoms with van der Waals surface area (Å²) in [6.45, 7) is 6.70. The molecule has 0 spiro atoms. The number of amides is 2. The number of carbonyl (C=O) groups excluding carboxylic acids is 3. The quantitative estimate of drug-likeness (QED) is 0.272. The van der Waals surface area contributed by atoms with Crippen LogP contribution in [0, 0.1) is 0 Å². The van der Waals surface area contributed by atoms with Gasteiger partial charge in [0, 0.05) is 19.1 Å². The number of hydrogen-bond acceptors (Lipinski definition) is 6. The highest BCUT2D eigenvalue weighted by Crippen LogP contribution is 2.22. The maximum Gasteiger partial charge on any atom is 0.306 e. The van der Waals surface area contributed by atoms with E-state index in [1.54, 1.807) is 12.1 Å². The molecular weight excluding hydrogens is 382 g/mol. The second-order valence-electron chi connectivity index (χ2n) is 7.00. The SMILES string of the molecule is COCCOC(=O)CCC(=O)NC(=S)NNC(=O)c1ccc(C(C)(C)C)cc1. The summed E-state index contributed by atoms with van der Waals surface area (Å²) < 4.78 is 9.60. The molecule has 0 aromatic heterocycles. The number of benzene rings is 1. The lowest BCUT2D eigenvalue weighted by Gasteiger charge is -2.19. The van der Waals surface area contributed by atoms with E-state index in [-0.39, 0.29) is 30.0 Å². The van der Waals surface area contributed by atoms with Crippen LogP contribution in [0.2, 0.25) is 0 Å². The fourth-order valence-corrected chi connectivity index (χ4v) is 2.22. The summed E-state index contributed by atoms with van der Waals surface area (Å²) in [5.74, 6) is -1.36. The lowest BCUT2D eigenvalue weighted by atomic mass is 9.87. The van der Waals surface area contributed by atoms with Crippen molar-refractivity contribution in [2.24, 2.45) is 0 Å². The minimum absolute atomic E-state index is 0.00466. The molecule has 0 saturated carbocycles. The van der Waals surface area contributed by atoms with Crippen molar-refractivity contribution in [3.8, 4) is 0 Å². The van der Waals surface area contributed by atoms with Crippen LogP contribution in [-0.4, -0.2) is 43.2 Å². The molecule has 0 aliphatic heterocycles.